The standard InChI is InChI=1S/C17H22N4O/c1-13(20-17(22)8-9-21-12-18-11-19-21)15-7-6-14-4-2-3-5-16(14)10-15/h6-7,10-13H,2-5,8-9H2,1H3,(H,20,22). The monoisotopic (exact) mass is 298 g/mol. The van der Waals surface area contributed by atoms with Gasteiger partial charge in [0.2, 0.25) is 5.91 Å². The lowest BCUT2D eigenvalue weighted by molar-refractivity contribution is -0.122. The molecule has 1 heterocycles. The molecule has 2 aromatic rings. The number of amides is 1. The molecule has 0 saturated carbocycles. The summed E-state index contributed by atoms with van der Waals surface area (Å²) in [5.74, 6) is 0.0423. The highest BCUT2D eigenvalue weighted by Gasteiger charge is 2.14. The van der Waals surface area contributed by atoms with Gasteiger partial charge in [0, 0.05) is 6.42 Å². The SMILES string of the molecule is CC(NC(=O)CCn1cncn1)c1ccc2c(c1)CCCC2. The van der Waals surface area contributed by atoms with Crippen molar-refractivity contribution in [2.24, 2.45) is 0 Å². The number of hydrogen-bond acceptors (Lipinski definition) is 3. The van der Waals surface area contributed by atoms with E-state index in [0.717, 1.165) is 6.42 Å². The van der Waals surface area contributed by atoms with Crippen LogP contribution in [0.4, 0.5) is 0 Å². The van der Waals surface area contributed by atoms with Gasteiger partial charge in [-0.15, -0.1) is 0 Å². The third-order valence-electron chi connectivity index (χ3n) is 4.28. The summed E-state index contributed by atoms with van der Waals surface area (Å²) >= 11 is 0. The van der Waals surface area contributed by atoms with Crippen LogP contribution in [0.1, 0.15) is 48.9 Å². The Kier molecular flexibility index (Phi) is 4.51. The first-order chi connectivity index (χ1) is 10.7. The van der Waals surface area contributed by atoms with E-state index in [0.29, 0.717) is 13.0 Å². The topological polar surface area (TPSA) is 59.8 Å². The van der Waals surface area contributed by atoms with Crippen LogP contribution in [0.3, 0.4) is 0 Å². The molecule has 1 amide bonds. The highest BCUT2D eigenvalue weighted by molar-refractivity contribution is 5.76. The van der Waals surface area contributed by atoms with Crippen LogP contribution in [0.25, 0.3) is 0 Å². The second-order valence-corrected chi connectivity index (χ2v) is 5.93. The summed E-state index contributed by atoms with van der Waals surface area (Å²) in [6, 6.07) is 6.67. The number of benzene rings is 1. The van der Waals surface area contributed by atoms with Gasteiger partial charge in [-0.3, -0.25) is 9.48 Å². The minimum atomic E-state index is 0.0375. The van der Waals surface area contributed by atoms with Gasteiger partial charge >= 0.3 is 0 Å². The zero-order chi connectivity index (χ0) is 15.4. The number of aromatic nitrogens is 3. The molecule has 1 atom stereocenters. The molecule has 116 valence electrons. The van der Waals surface area contributed by atoms with E-state index in [2.05, 4.69) is 33.6 Å². The third kappa shape index (κ3) is 3.53. The van der Waals surface area contributed by atoms with Crippen LogP contribution in [0.5, 0.6) is 0 Å². The number of hydrogen-bond donors (Lipinski definition) is 1. The maximum atomic E-state index is 12.0. The molecular weight excluding hydrogens is 276 g/mol. The molecule has 22 heavy (non-hydrogen) atoms. The summed E-state index contributed by atoms with van der Waals surface area (Å²) in [5, 5.41) is 7.06. The summed E-state index contributed by atoms with van der Waals surface area (Å²) in [4.78, 5) is 15.9. The van der Waals surface area contributed by atoms with E-state index in [1.807, 2.05) is 6.92 Å². The number of nitrogens with zero attached hydrogens (tertiary/aromatic N) is 3. The Balaban J connectivity index is 1.56. The van der Waals surface area contributed by atoms with Crippen LogP contribution in [-0.2, 0) is 24.2 Å². The van der Waals surface area contributed by atoms with E-state index in [9.17, 15) is 4.79 Å². The minimum absolute atomic E-state index is 0.0375. The molecule has 3 rings (SSSR count). The van der Waals surface area contributed by atoms with Gasteiger partial charge in [-0.05, 0) is 49.3 Å². The van der Waals surface area contributed by atoms with Crippen molar-refractivity contribution in [1.29, 1.82) is 0 Å². The predicted molar refractivity (Wildman–Crippen MR) is 84.3 cm³/mol. The van der Waals surface area contributed by atoms with Crippen molar-refractivity contribution in [1.82, 2.24) is 20.1 Å². The molecule has 1 unspecified atom stereocenters. The van der Waals surface area contributed by atoms with Gasteiger partial charge < -0.3 is 5.32 Å². The molecule has 1 aromatic heterocycles. The summed E-state index contributed by atoms with van der Waals surface area (Å²) in [6.45, 7) is 2.60. The van der Waals surface area contributed by atoms with Crippen LogP contribution in [0.2, 0.25) is 0 Å². The fraction of sp³-hybridized carbons (Fsp3) is 0.471. The first kappa shape index (κ1) is 14.8. The molecule has 1 N–H and O–H groups in total. The van der Waals surface area contributed by atoms with Gasteiger partial charge in [-0.2, -0.15) is 5.10 Å². The molecule has 0 aliphatic heterocycles. The first-order valence-electron chi connectivity index (χ1n) is 7.96. The Morgan fingerprint density at radius 1 is 1.32 bits per heavy atom. The second-order valence-electron chi connectivity index (χ2n) is 5.93. The highest BCUT2D eigenvalue weighted by Crippen LogP contribution is 2.24. The van der Waals surface area contributed by atoms with E-state index < -0.39 is 0 Å². The smallest absolute Gasteiger partial charge is 0.222 e. The molecular formula is C17H22N4O. The van der Waals surface area contributed by atoms with Crippen molar-refractivity contribution >= 4 is 5.91 Å². The van der Waals surface area contributed by atoms with E-state index in [4.69, 9.17) is 0 Å². The number of carbonyl (C=O) groups is 1. The molecule has 0 spiro atoms. The van der Waals surface area contributed by atoms with Crippen LogP contribution >= 0.6 is 0 Å². The van der Waals surface area contributed by atoms with E-state index >= 15 is 0 Å². The number of carbonyl (C=O) groups excluding carboxylic acids is 1. The molecule has 0 radical (unpaired) electrons. The maximum absolute atomic E-state index is 12.0. The minimum Gasteiger partial charge on any atom is -0.350 e. The molecule has 5 nitrogen and oxygen atoms in total. The van der Waals surface area contributed by atoms with Gasteiger partial charge in [-0.1, -0.05) is 18.2 Å². The van der Waals surface area contributed by atoms with Crippen molar-refractivity contribution in [2.75, 3.05) is 0 Å². The quantitative estimate of drug-likeness (QED) is 0.922. The average Bonchev–Trinajstić information content (AvgIpc) is 3.06. The summed E-state index contributed by atoms with van der Waals surface area (Å²) < 4.78 is 1.67. The van der Waals surface area contributed by atoms with Gasteiger partial charge in [0.1, 0.15) is 12.7 Å². The lowest BCUT2D eigenvalue weighted by Crippen LogP contribution is -2.27. The lowest BCUT2D eigenvalue weighted by Gasteiger charge is -2.20. The summed E-state index contributed by atoms with van der Waals surface area (Å²) in [6.07, 6.45) is 8.44. The largest absolute Gasteiger partial charge is 0.350 e. The predicted octanol–water partition coefficient (Wildman–Crippen LogP) is 2.42. The van der Waals surface area contributed by atoms with Gasteiger partial charge in [0.05, 0.1) is 12.6 Å². The fourth-order valence-corrected chi connectivity index (χ4v) is 2.98. The lowest BCUT2D eigenvalue weighted by atomic mass is 9.89. The van der Waals surface area contributed by atoms with E-state index in [1.165, 1.54) is 42.3 Å². The van der Waals surface area contributed by atoms with E-state index in [1.54, 1.807) is 11.0 Å². The van der Waals surface area contributed by atoms with Gasteiger partial charge in [0.15, 0.2) is 0 Å². The number of nitrogens with one attached hydrogen (secondary N) is 1. The van der Waals surface area contributed by atoms with Gasteiger partial charge in [0.25, 0.3) is 0 Å². The Morgan fingerprint density at radius 3 is 2.91 bits per heavy atom. The van der Waals surface area contributed by atoms with Crippen LogP contribution < -0.4 is 5.32 Å². The molecule has 0 saturated heterocycles. The molecule has 1 aliphatic carbocycles. The number of rotatable bonds is 5. The zero-order valence-corrected chi connectivity index (χ0v) is 13.0. The van der Waals surface area contributed by atoms with Crippen molar-refractivity contribution in [3.05, 3.63) is 47.5 Å². The Morgan fingerprint density at radius 2 is 2.14 bits per heavy atom. The fourth-order valence-electron chi connectivity index (χ4n) is 2.98. The second kappa shape index (κ2) is 6.73. The average molecular weight is 298 g/mol. The first-order valence-corrected chi connectivity index (χ1v) is 7.96. The molecule has 0 fully saturated rings. The van der Waals surface area contributed by atoms with Crippen molar-refractivity contribution in [2.45, 2.75) is 51.6 Å². The molecule has 0 bridgehead atoms. The van der Waals surface area contributed by atoms with Crippen molar-refractivity contribution in [3.8, 4) is 0 Å². The molecule has 1 aromatic carbocycles. The zero-order valence-electron chi connectivity index (χ0n) is 13.0. The van der Waals surface area contributed by atoms with Gasteiger partial charge in [-0.25, -0.2) is 4.98 Å². The normalized spacial score (nSPS) is 15.1. The summed E-state index contributed by atoms with van der Waals surface area (Å²) in [5.41, 5.74) is 4.11. The third-order valence-corrected chi connectivity index (χ3v) is 4.28. The summed E-state index contributed by atoms with van der Waals surface area (Å²) in [7, 11) is 0. The number of fused-ring (bicyclic) bond motifs is 1. The highest BCUT2D eigenvalue weighted by atomic mass is 16.1. The van der Waals surface area contributed by atoms with Crippen molar-refractivity contribution in [3.63, 3.8) is 0 Å². The Hall–Kier alpha value is -2.17. The van der Waals surface area contributed by atoms with Crippen LogP contribution in [0.15, 0.2) is 30.9 Å². The van der Waals surface area contributed by atoms with E-state index in [-0.39, 0.29) is 11.9 Å². The number of aryl methyl sites for hydroxylation is 3. The van der Waals surface area contributed by atoms with Crippen molar-refractivity contribution < 1.29 is 4.79 Å². The van der Waals surface area contributed by atoms with Crippen LogP contribution in [-0.4, -0.2) is 20.7 Å². The molecule has 1 aliphatic rings. The Bertz CT molecular complexity index is 636. The van der Waals surface area contributed by atoms with Crippen LogP contribution in [0, 0.1) is 0 Å². The maximum Gasteiger partial charge on any atom is 0.222 e. The Labute approximate surface area is 130 Å². The molecule has 5 heteroatoms.